The topological polar surface area (TPSA) is 92.9 Å². The summed E-state index contributed by atoms with van der Waals surface area (Å²) in [6, 6.07) is 3.65. The van der Waals surface area contributed by atoms with Gasteiger partial charge in [-0.25, -0.2) is 9.18 Å². The average Bonchev–Trinajstić information content (AvgIpc) is 2.67. The first kappa shape index (κ1) is 21.7. The van der Waals surface area contributed by atoms with Gasteiger partial charge in [0.2, 0.25) is 5.91 Å². The van der Waals surface area contributed by atoms with Gasteiger partial charge in [-0.05, 0) is 74.5 Å². The molecule has 2 saturated carbocycles. The van der Waals surface area contributed by atoms with Crippen molar-refractivity contribution in [3.63, 3.8) is 0 Å². The van der Waals surface area contributed by atoms with E-state index < -0.39 is 17.8 Å². The van der Waals surface area contributed by atoms with Gasteiger partial charge in [0.15, 0.2) is 0 Å². The molecule has 6 nitrogen and oxygen atoms in total. The maximum Gasteiger partial charge on any atom is 0.336 e. The molecule has 7 heteroatoms. The molecular formula is C22H31FN2O4. The number of hydrogen-bond donors (Lipinski definition) is 2. The van der Waals surface area contributed by atoms with E-state index in [0.29, 0.717) is 24.1 Å². The lowest BCUT2D eigenvalue weighted by Crippen LogP contribution is -2.52. The number of nitrogens with zero attached hydrogens (tertiary/aromatic N) is 1. The van der Waals surface area contributed by atoms with Crippen LogP contribution in [0.25, 0.3) is 0 Å². The van der Waals surface area contributed by atoms with Crippen molar-refractivity contribution in [2.75, 3.05) is 13.7 Å². The highest BCUT2D eigenvalue weighted by atomic mass is 19.1. The van der Waals surface area contributed by atoms with Gasteiger partial charge in [0, 0.05) is 19.7 Å². The fraction of sp³-hybridized carbons (Fsp3) is 0.636. The summed E-state index contributed by atoms with van der Waals surface area (Å²) >= 11 is 0. The SMILES string of the molecule is CN(C(=O)[C@@H](N)[C@H]1CC[C@H](COCc2ccc(F)cc2C(=O)O)CC1)C1CCC1. The molecule has 2 aliphatic rings. The van der Waals surface area contributed by atoms with Crippen LogP contribution in [0.3, 0.4) is 0 Å². The Kier molecular flexibility index (Phi) is 7.24. The summed E-state index contributed by atoms with van der Waals surface area (Å²) in [5.74, 6) is -1.09. The second kappa shape index (κ2) is 9.67. The molecule has 160 valence electrons. The van der Waals surface area contributed by atoms with Crippen LogP contribution in [0.1, 0.15) is 60.9 Å². The molecule has 1 amide bonds. The highest BCUT2D eigenvalue weighted by Crippen LogP contribution is 2.32. The summed E-state index contributed by atoms with van der Waals surface area (Å²) in [5, 5.41) is 9.19. The number of halogens is 1. The molecule has 0 heterocycles. The maximum atomic E-state index is 13.3. The van der Waals surface area contributed by atoms with Crippen LogP contribution in [0.2, 0.25) is 0 Å². The van der Waals surface area contributed by atoms with Crippen molar-refractivity contribution in [3.05, 3.63) is 35.1 Å². The van der Waals surface area contributed by atoms with E-state index in [1.165, 1.54) is 18.6 Å². The Bertz CT molecular complexity index is 730. The number of carbonyl (C=O) groups excluding carboxylic acids is 1. The summed E-state index contributed by atoms with van der Waals surface area (Å²) in [6.45, 7) is 0.667. The molecule has 0 radical (unpaired) electrons. The highest BCUT2D eigenvalue weighted by Gasteiger charge is 2.34. The van der Waals surface area contributed by atoms with E-state index in [0.717, 1.165) is 44.6 Å². The predicted octanol–water partition coefficient (Wildman–Crippen LogP) is 3.19. The van der Waals surface area contributed by atoms with Crippen LogP contribution in [0.15, 0.2) is 18.2 Å². The summed E-state index contributed by atoms with van der Waals surface area (Å²) in [7, 11) is 1.87. The van der Waals surface area contributed by atoms with E-state index >= 15 is 0 Å². The quantitative estimate of drug-likeness (QED) is 0.692. The second-order valence-corrected chi connectivity index (χ2v) is 8.46. The Labute approximate surface area is 171 Å². The van der Waals surface area contributed by atoms with Crippen molar-refractivity contribution < 1.29 is 23.8 Å². The fourth-order valence-corrected chi connectivity index (χ4v) is 4.31. The minimum Gasteiger partial charge on any atom is -0.478 e. The number of rotatable bonds is 8. The molecule has 3 N–H and O–H groups in total. The molecule has 0 bridgehead atoms. The minimum atomic E-state index is -1.16. The van der Waals surface area contributed by atoms with E-state index in [1.807, 2.05) is 11.9 Å². The van der Waals surface area contributed by atoms with Crippen LogP contribution < -0.4 is 5.73 Å². The number of carboxylic acids is 1. The third kappa shape index (κ3) is 5.34. The van der Waals surface area contributed by atoms with Crippen LogP contribution >= 0.6 is 0 Å². The van der Waals surface area contributed by atoms with E-state index in [2.05, 4.69) is 0 Å². The molecule has 1 atom stereocenters. The molecule has 3 rings (SSSR count). The number of nitrogens with two attached hydrogens (primary N) is 1. The minimum absolute atomic E-state index is 0.0613. The van der Waals surface area contributed by atoms with E-state index in [-0.39, 0.29) is 24.0 Å². The highest BCUT2D eigenvalue weighted by molar-refractivity contribution is 5.89. The summed E-state index contributed by atoms with van der Waals surface area (Å²) in [4.78, 5) is 25.7. The van der Waals surface area contributed by atoms with Crippen LogP contribution in [0.5, 0.6) is 0 Å². The van der Waals surface area contributed by atoms with Crippen molar-refractivity contribution in [2.24, 2.45) is 17.6 Å². The number of ether oxygens (including phenoxy) is 1. The molecule has 0 unspecified atom stereocenters. The van der Waals surface area contributed by atoms with Crippen LogP contribution in [0.4, 0.5) is 4.39 Å². The van der Waals surface area contributed by atoms with Crippen LogP contribution in [-0.2, 0) is 16.1 Å². The zero-order valence-electron chi connectivity index (χ0n) is 17.0. The first-order chi connectivity index (χ1) is 13.9. The number of carboxylic acid groups (broad SMARTS) is 1. The molecule has 29 heavy (non-hydrogen) atoms. The summed E-state index contributed by atoms with van der Waals surface area (Å²) in [6.07, 6.45) is 7.02. The molecular weight excluding hydrogens is 375 g/mol. The third-order valence-corrected chi connectivity index (χ3v) is 6.57. The van der Waals surface area contributed by atoms with Gasteiger partial charge in [0.25, 0.3) is 0 Å². The molecule has 2 aliphatic carbocycles. The Hall–Kier alpha value is -1.99. The van der Waals surface area contributed by atoms with E-state index in [4.69, 9.17) is 10.5 Å². The number of aromatic carboxylic acids is 1. The Morgan fingerprint density at radius 2 is 1.93 bits per heavy atom. The Morgan fingerprint density at radius 1 is 1.24 bits per heavy atom. The maximum absolute atomic E-state index is 13.3. The largest absolute Gasteiger partial charge is 0.478 e. The summed E-state index contributed by atoms with van der Waals surface area (Å²) in [5.41, 5.74) is 6.69. The van der Waals surface area contributed by atoms with Crippen LogP contribution in [-0.4, -0.2) is 47.6 Å². The smallest absolute Gasteiger partial charge is 0.336 e. The lowest BCUT2D eigenvalue weighted by Gasteiger charge is -2.38. The molecule has 0 spiro atoms. The lowest BCUT2D eigenvalue weighted by molar-refractivity contribution is -0.136. The molecule has 0 aromatic heterocycles. The first-order valence-corrected chi connectivity index (χ1v) is 10.5. The predicted molar refractivity (Wildman–Crippen MR) is 107 cm³/mol. The first-order valence-electron chi connectivity index (χ1n) is 10.5. The number of carbonyl (C=O) groups is 2. The monoisotopic (exact) mass is 406 g/mol. The van der Waals surface area contributed by atoms with Gasteiger partial charge in [-0.15, -0.1) is 0 Å². The average molecular weight is 406 g/mol. The standard InChI is InChI=1S/C22H31FN2O4/c1-25(18-3-2-4-18)21(26)20(24)15-7-5-14(6-8-15)12-29-13-16-9-10-17(23)11-19(16)22(27)28/h9-11,14-15,18,20H,2-8,12-13,24H2,1H3,(H,27,28)/t14-,15-,20-/m0/s1. The third-order valence-electron chi connectivity index (χ3n) is 6.57. The molecule has 2 fully saturated rings. The number of benzene rings is 1. The lowest BCUT2D eigenvalue weighted by atomic mass is 9.78. The molecule has 0 saturated heterocycles. The number of hydrogen-bond acceptors (Lipinski definition) is 4. The van der Waals surface area contributed by atoms with Crippen molar-refractivity contribution >= 4 is 11.9 Å². The Morgan fingerprint density at radius 3 is 2.52 bits per heavy atom. The van der Waals surface area contributed by atoms with Crippen molar-refractivity contribution in [1.82, 2.24) is 4.90 Å². The molecule has 0 aliphatic heterocycles. The fourth-order valence-electron chi connectivity index (χ4n) is 4.31. The normalized spacial score (nSPS) is 23.3. The van der Waals surface area contributed by atoms with Gasteiger partial charge >= 0.3 is 5.97 Å². The molecule has 1 aromatic rings. The van der Waals surface area contributed by atoms with Crippen LogP contribution in [0, 0.1) is 17.7 Å². The van der Waals surface area contributed by atoms with Gasteiger partial charge < -0.3 is 20.5 Å². The van der Waals surface area contributed by atoms with Crippen molar-refractivity contribution in [3.8, 4) is 0 Å². The van der Waals surface area contributed by atoms with Gasteiger partial charge in [0.1, 0.15) is 5.82 Å². The zero-order chi connectivity index (χ0) is 21.0. The van der Waals surface area contributed by atoms with Gasteiger partial charge in [-0.1, -0.05) is 6.07 Å². The Balaban J connectivity index is 1.42. The van der Waals surface area contributed by atoms with Gasteiger partial charge in [-0.2, -0.15) is 0 Å². The number of amides is 1. The van der Waals surface area contributed by atoms with Gasteiger partial charge in [0.05, 0.1) is 18.2 Å². The van der Waals surface area contributed by atoms with Crippen molar-refractivity contribution in [2.45, 2.75) is 63.6 Å². The summed E-state index contributed by atoms with van der Waals surface area (Å²) < 4.78 is 19.0. The zero-order valence-corrected chi connectivity index (χ0v) is 17.0. The van der Waals surface area contributed by atoms with E-state index in [1.54, 1.807) is 0 Å². The van der Waals surface area contributed by atoms with Crippen molar-refractivity contribution in [1.29, 1.82) is 0 Å². The second-order valence-electron chi connectivity index (χ2n) is 8.46. The van der Waals surface area contributed by atoms with Gasteiger partial charge in [-0.3, -0.25) is 4.79 Å². The van der Waals surface area contributed by atoms with E-state index in [9.17, 15) is 19.1 Å². The number of likely N-dealkylation sites (N-methyl/N-ethyl adjacent to an activating group) is 1. The molecule has 1 aromatic carbocycles.